The molecule has 1 rings (SSSR count). The van der Waals surface area contributed by atoms with Gasteiger partial charge in [-0.2, -0.15) is 0 Å². The maximum Gasteiger partial charge on any atom is 0.191 e. The lowest BCUT2D eigenvalue weighted by Crippen LogP contribution is -2.25. The topological polar surface area (TPSA) is 27.7 Å². The van der Waals surface area contributed by atoms with Crippen LogP contribution >= 0.6 is 27.5 Å². The molecule has 0 aliphatic carbocycles. The number of aryl methyl sites for hydroxylation is 1. The normalized spacial score (nSPS) is 11.0. The van der Waals surface area contributed by atoms with Crippen LogP contribution in [0.3, 0.4) is 0 Å². The van der Waals surface area contributed by atoms with Crippen LogP contribution in [0.15, 0.2) is 16.6 Å². The predicted octanol–water partition coefficient (Wildman–Crippen LogP) is 4.19. The molecule has 0 aromatic heterocycles. The number of ether oxygens (including phenoxy) is 3. The fourth-order valence-electron chi connectivity index (χ4n) is 1.42. The fourth-order valence-corrected chi connectivity index (χ4v) is 2.17. The Labute approximate surface area is 121 Å². The van der Waals surface area contributed by atoms with Crippen molar-refractivity contribution in [2.45, 2.75) is 27.1 Å². The van der Waals surface area contributed by atoms with E-state index in [2.05, 4.69) is 15.9 Å². The molecule has 1 aromatic rings. The van der Waals surface area contributed by atoms with Crippen molar-refractivity contribution in [1.29, 1.82) is 0 Å². The zero-order valence-electron chi connectivity index (χ0n) is 10.8. The number of hydrogen-bond acceptors (Lipinski definition) is 3. The van der Waals surface area contributed by atoms with E-state index in [0.717, 1.165) is 15.8 Å². The van der Waals surface area contributed by atoms with E-state index in [1.807, 2.05) is 32.9 Å². The molecule has 0 fully saturated rings. The van der Waals surface area contributed by atoms with Crippen molar-refractivity contribution in [3.8, 4) is 5.75 Å². The highest BCUT2D eigenvalue weighted by molar-refractivity contribution is 9.10. The van der Waals surface area contributed by atoms with Gasteiger partial charge in [-0.15, -0.1) is 0 Å². The molecule has 0 saturated carbocycles. The van der Waals surface area contributed by atoms with Gasteiger partial charge in [0.25, 0.3) is 0 Å². The summed E-state index contributed by atoms with van der Waals surface area (Å²) in [6, 6.07) is 3.71. The van der Waals surface area contributed by atoms with E-state index in [1.165, 1.54) is 0 Å². The predicted molar refractivity (Wildman–Crippen MR) is 76.4 cm³/mol. The summed E-state index contributed by atoms with van der Waals surface area (Å²) in [5.41, 5.74) is 0.972. The van der Waals surface area contributed by atoms with Crippen LogP contribution in [0.5, 0.6) is 5.75 Å². The molecule has 0 N–H and O–H groups in total. The molecule has 3 nitrogen and oxygen atoms in total. The van der Waals surface area contributed by atoms with Gasteiger partial charge in [-0.3, -0.25) is 0 Å². The largest absolute Gasteiger partial charge is 0.487 e. The second kappa shape index (κ2) is 8.00. The summed E-state index contributed by atoms with van der Waals surface area (Å²) in [5.74, 6) is 0.737. The van der Waals surface area contributed by atoms with Crippen molar-refractivity contribution in [2.75, 3.05) is 19.8 Å². The minimum absolute atomic E-state index is 0.345. The van der Waals surface area contributed by atoms with Gasteiger partial charge in [-0.1, -0.05) is 11.6 Å². The van der Waals surface area contributed by atoms with Gasteiger partial charge in [0.05, 0.1) is 4.47 Å². The lowest BCUT2D eigenvalue weighted by molar-refractivity contribution is -0.152. The van der Waals surface area contributed by atoms with Gasteiger partial charge < -0.3 is 14.2 Å². The van der Waals surface area contributed by atoms with E-state index in [-0.39, 0.29) is 6.29 Å². The third-order valence-electron chi connectivity index (χ3n) is 2.29. The summed E-state index contributed by atoms with van der Waals surface area (Å²) in [7, 11) is 0. The fraction of sp³-hybridized carbons (Fsp3) is 0.538. The monoisotopic (exact) mass is 336 g/mol. The third kappa shape index (κ3) is 4.76. The SMILES string of the molecule is CCOC(COc1cc(C)c(Cl)cc1Br)OCC. The molecule has 1 aromatic carbocycles. The molecule has 0 unspecified atom stereocenters. The number of halogens is 2. The molecule has 0 aliphatic rings. The van der Waals surface area contributed by atoms with Crippen molar-refractivity contribution in [2.24, 2.45) is 0 Å². The van der Waals surface area contributed by atoms with Crippen LogP contribution in [0, 0.1) is 6.92 Å². The summed E-state index contributed by atoms with van der Waals surface area (Å²) in [6.07, 6.45) is -0.345. The van der Waals surface area contributed by atoms with Gasteiger partial charge in [-0.05, 0) is 54.4 Å². The van der Waals surface area contributed by atoms with Crippen LogP contribution in [0.1, 0.15) is 19.4 Å². The Hall–Kier alpha value is -0.290. The van der Waals surface area contributed by atoms with E-state index in [9.17, 15) is 0 Å². The van der Waals surface area contributed by atoms with Gasteiger partial charge in [0, 0.05) is 18.2 Å². The van der Waals surface area contributed by atoms with Crippen molar-refractivity contribution in [1.82, 2.24) is 0 Å². The third-order valence-corrected chi connectivity index (χ3v) is 3.32. The highest BCUT2D eigenvalue weighted by atomic mass is 79.9. The molecule has 0 atom stereocenters. The Kier molecular flexibility index (Phi) is 7.00. The molecule has 0 radical (unpaired) electrons. The average Bonchev–Trinajstić information content (AvgIpc) is 2.32. The maximum atomic E-state index is 6.01. The van der Waals surface area contributed by atoms with E-state index >= 15 is 0 Å². The first-order valence-corrected chi connectivity index (χ1v) is 7.07. The molecule has 0 heterocycles. The standard InChI is InChI=1S/C13H18BrClO3/c1-4-16-13(17-5-2)8-18-12-6-9(3)11(15)7-10(12)14/h6-7,13H,4-5,8H2,1-3H3. The molecule has 5 heteroatoms. The summed E-state index contributed by atoms with van der Waals surface area (Å²) in [4.78, 5) is 0. The van der Waals surface area contributed by atoms with Crippen molar-refractivity contribution in [3.05, 3.63) is 27.2 Å². The second-order valence-electron chi connectivity index (χ2n) is 3.68. The summed E-state index contributed by atoms with van der Waals surface area (Å²) in [5, 5.41) is 0.709. The van der Waals surface area contributed by atoms with E-state index in [4.69, 9.17) is 25.8 Å². The van der Waals surface area contributed by atoms with E-state index < -0.39 is 0 Å². The highest BCUT2D eigenvalue weighted by Gasteiger charge is 2.11. The molecule has 0 amide bonds. The lowest BCUT2D eigenvalue weighted by atomic mass is 10.2. The Bertz CT molecular complexity index is 379. The van der Waals surface area contributed by atoms with E-state index in [1.54, 1.807) is 0 Å². The number of rotatable bonds is 7. The van der Waals surface area contributed by atoms with Gasteiger partial charge in [0.2, 0.25) is 0 Å². The van der Waals surface area contributed by atoms with Gasteiger partial charge in [0.1, 0.15) is 12.4 Å². The maximum absolute atomic E-state index is 6.01. The summed E-state index contributed by atoms with van der Waals surface area (Å²) in [6.45, 7) is 7.32. The van der Waals surface area contributed by atoms with Gasteiger partial charge >= 0.3 is 0 Å². The molecule has 0 saturated heterocycles. The van der Waals surface area contributed by atoms with Crippen molar-refractivity contribution in [3.63, 3.8) is 0 Å². The van der Waals surface area contributed by atoms with Crippen LogP contribution in [0.2, 0.25) is 5.02 Å². The quantitative estimate of drug-likeness (QED) is 0.698. The minimum atomic E-state index is -0.345. The van der Waals surface area contributed by atoms with Crippen molar-refractivity contribution >= 4 is 27.5 Å². The van der Waals surface area contributed by atoms with E-state index in [0.29, 0.717) is 24.8 Å². The molecule has 102 valence electrons. The molecule has 0 aliphatic heterocycles. The summed E-state index contributed by atoms with van der Waals surface area (Å²) >= 11 is 9.43. The molecular weight excluding hydrogens is 319 g/mol. The van der Waals surface area contributed by atoms with Crippen LogP contribution in [-0.4, -0.2) is 26.1 Å². The molecule has 18 heavy (non-hydrogen) atoms. The first-order valence-electron chi connectivity index (χ1n) is 5.90. The second-order valence-corrected chi connectivity index (χ2v) is 4.94. The van der Waals surface area contributed by atoms with Gasteiger partial charge in [0.15, 0.2) is 6.29 Å². The van der Waals surface area contributed by atoms with Crippen LogP contribution < -0.4 is 4.74 Å². The molecule has 0 spiro atoms. The Morgan fingerprint density at radius 2 is 1.83 bits per heavy atom. The molecular formula is C13H18BrClO3. The zero-order chi connectivity index (χ0) is 13.5. The van der Waals surface area contributed by atoms with Crippen LogP contribution in [0.4, 0.5) is 0 Å². The average molecular weight is 338 g/mol. The number of benzene rings is 1. The first kappa shape index (κ1) is 15.8. The Balaban J connectivity index is 2.64. The number of hydrogen-bond donors (Lipinski definition) is 0. The molecule has 0 bridgehead atoms. The zero-order valence-corrected chi connectivity index (χ0v) is 13.2. The Morgan fingerprint density at radius 1 is 1.22 bits per heavy atom. The Morgan fingerprint density at radius 3 is 2.39 bits per heavy atom. The van der Waals surface area contributed by atoms with Crippen LogP contribution in [-0.2, 0) is 9.47 Å². The summed E-state index contributed by atoms with van der Waals surface area (Å²) < 4.78 is 17.3. The lowest BCUT2D eigenvalue weighted by Gasteiger charge is -2.18. The first-order chi connectivity index (χ1) is 8.58. The smallest absolute Gasteiger partial charge is 0.191 e. The van der Waals surface area contributed by atoms with Crippen molar-refractivity contribution < 1.29 is 14.2 Å². The highest BCUT2D eigenvalue weighted by Crippen LogP contribution is 2.31. The minimum Gasteiger partial charge on any atom is -0.487 e. The van der Waals surface area contributed by atoms with Gasteiger partial charge in [-0.25, -0.2) is 0 Å². The van der Waals surface area contributed by atoms with Crippen LogP contribution in [0.25, 0.3) is 0 Å².